The first-order chi connectivity index (χ1) is 17.7. The second-order valence-electron chi connectivity index (χ2n) is 10.1. The van der Waals surface area contributed by atoms with Crippen molar-refractivity contribution in [2.45, 2.75) is 30.6 Å². The molecule has 9 N–H and O–H groups in total. The molecular formula is C25H30N4O9. The van der Waals surface area contributed by atoms with Crippen LogP contribution in [0.5, 0.6) is 5.75 Å². The molecule has 0 spiro atoms. The summed E-state index contributed by atoms with van der Waals surface area (Å²) in [5.74, 6) is -10.3. The molecule has 4 unspecified atom stereocenters. The first kappa shape index (κ1) is 27.3. The van der Waals surface area contributed by atoms with Gasteiger partial charge in [-0.15, -0.1) is 0 Å². The van der Waals surface area contributed by atoms with Crippen LogP contribution in [0.3, 0.4) is 0 Å². The summed E-state index contributed by atoms with van der Waals surface area (Å²) in [5.41, 5.74) is 0.759. The van der Waals surface area contributed by atoms with Crippen LogP contribution >= 0.6 is 0 Å². The lowest BCUT2D eigenvalue weighted by atomic mass is 9.55. The van der Waals surface area contributed by atoms with Gasteiger partial charge in [-0.2, -0.15) is 0 Å². The number of benzene rings is 1. The number of carbonyl (C=O) groups excluding carboxylic acids is 4. The van der Waals surface area contributed by atoms with Crippen LogP contribution in [-0.2, 0) is 14.4 Å². The normalized spacial score (nSPS) is 30.7. The van der Waals surface area contributed by atoms with Crippen molar-refractivity contribution in [1.82, 2.24) is 10.2 Å². The summed E-state index contributed by atoms with van der Waals surface area (Å²) in [6.45, 7) is 1.54. The average Bonchev–Trinajstić information content (AvgIpc) is 2.82. The highest BCUT2D eigenvalue weighted by molar-refractivity contribution is 6.25. The fraction of sp³-hybridized carbons (Fsp3) is 0.440. The second kappa shape index (κ2) is 9.20. The molecule has 0 aliphatic heterocycles. The van der Waals surface area contributed by atoms with Crippen LogP contribution < -0.4 is 16.4 Å². The Kier molecular flexibility index (Phi) is 6.60. The third-order valence-corrected chi connectivity index (χ3v) is 7.74. The van der Waals surface area contributed by atoms with Crippen LogP contribution in [-0.4, -0.2) is 99.2 Å². The average molecular weight is 531 g/mol. The summed E-state index contributed by atoms with van der Waals surface area (Å²) >= 11 is 0. The van der Waals surface area contributed by atoms with Gasteiger partial charge in [0.15, 0.2) is 17.1 Å². The fourth-order valence-electron chi connectivity index (χ4n) is 6.08. The number of carbonyl (C=O) groups is 4. The third-order valence-electron chi connectivity index (χ3n) is 7.74. The minimum absolute atomic E-state index is 0.0762. The number of nitrogens with zero attached hydrogens (tertiary/aromatic N) is 1. The van der Waals surface area contributed by atoms with E-state index in [1.54, 1.807) is 14.0 Å². The van der Waals surface area contributed by atoms with E-state index in [4.69, 9.17) is 5.73 Å². The molecule has 0 saturated heterocycles. The number of aliphatic hydroxyl groups is 4. The molecule has 2 amide bonds. The Balaban J connectivity index is 1.96. The van der Waals surface area contributed by atoms with Crippen LogP contribution in [0.15, 0.2) is 34.8 Å². The first-order valence-electron chi connectivity index (χ1n) is 11.8. The molecular weight excluding hydrogens is 500 g/mol. The number of ketones is 2. The lowest BCUT2D eigenvalue weighted by Crippen LogP contribution is -2.68. The molecule has 1 aromatic carbocycles. The van der Waals surface area contributed by atoms with Crippen LogP contribution in [0.25, 0.3) is 0 Å². The molecule has 0 heterocycles. The summed E-state index contributed by atoms with van der Waals surface area (Å²) in [6.07, 6.45) is -1.68. The van der Waals surface area contributed by atoms with Crippen molar-refractivity contribution >= 4 is 29.1 Å². The van der Waals surface area contributed by atoms with E-state index in [0.29, 0.717) is 5.56 Å². The highest BCUT2D eigenvalue weighted by Gasteiger charge is 2.67. The Morgan fingerprint density at radius 3 is 2.34 bits per heavy atom. The van der Waals surface area contributed by atoms with Crippen LogP contribution in [0.2, 0.25) is 0 Å². The van der Waals surface area contributed by atoms with Crippen molar-refractivity contribution in [3.05, 3.63) is 45.9 Å². The van der Waals surface area contributed by atoms with Crippen molar-refractivity contribution < 1.29 is 44.7 Å². The van der Waals surface area contributed by atoms with Crippen LogP contribution in [0.1, 0.15) is 28.8 Å². The van der Waals surface area contributed by atoms with Gasteiger partial charge in [-0.25, -0.2) is 0 Å². The van der Waals surface area contributed by atoms with Gasteiger partial charge in [0.2, 0.25) is 11.7 Å². The summed E-state index contributed by atoms with van der Waals surface area (Å²) in [6, 6.07) is 1.55. The number of likely N-dealkylation sites (N-methyl/N-ethyl adjacent to an activating group) is 2. The highest BCUT2D eigenvalue weighted by atomic mass is 16.4. The van der Waals surface area contributed by atoms with E-state index in [2.05, 4.69) is 10.6 Å². The number of primary amides is 1. The number of Topliss-reactive ketones (excluding diaryl/α,β-unsaturated/α-hetero) is 2. The van der Waals surface area contributed by atoms with Crippen molar-refractivity contribution in [3.63, 3.8) is 0 Å². The number of hydrogen-bond acceptors (Lipinski definition) is 11. The third kappa shape index (κ3) is 3.54. The van der Waals surface area contributed by atoms with Gasteiger partial charge in [0.1, 0.15) is 17.1 Å². The van der Waals surface area contributed by atoms with E-state index in [0.717, 1.165) is 0 Å². The van der Waals surface area contributed by atoms with Crippen molar-refractivity contribution in [3.8, 4) is 5.75 Å². The Labute approximate surface area is 217 Å². The van der Waals surface area contributed by atoms with Gasteiger partial charge in [-0.05, 0) is 38.7 Å². The molecule has 0 radical (unpaired) electrons. The van der Waals surface area contributed by atoms with Gasteiger partial charge in [0.25, 0.3) is 5.91 Å². The molecule has 38 heavy (non-hydrogen) atoms. The lowest BCUT2D eigenvalue weighted by Gasteiger charge is -2.53. The highest BCUT2D eigenvalue weighted by Crippen LogP contribution is 2.55. The van der Waals surface area contributed by atoms with E-state index in [-0.39, 0.29) is 17.8 Å². The number of rotatable bonds is 5. The van der Waals surface area contributed by atoms with Crippen LogP contribution in [0, 0.1) is 11.8 Å². The number of hydrogen-bond donors (Lipinski definition) is 8. The maximum atomic E-state index is 13.8. The minimum Gasteiger partial charge on any atom is -0.510 e. The molecule has 1 aromatic rings. The number of amides is 2. The zero-order valence-electron chi connectivity index (χ0n) is 21.1. The Hall–Kier alpha value is -3.78. The number of phenolic OH excluding ortho intramolecular Hbond substituents is 1. The first-order valence-corrected chi connectivity index (χ1v) is 11.8. The zero-order valence-corrected chi connectivity index (χ0v) is 21.1. The molecule has 3 aliphatic rings. The van der Waals surface area contributed by atoms with E-state index >= 15 is 0 Å². The van der Waals surface area contributed by atoms with Gasteiger partial charge in [0.05, 0.1) is 35.9 Å². The summed E-state index contributed by atoms with van der Waals surface area (Å²) in [7, 11) is 4.47. The molecule has 204 valence electrons. The summed E-state index contributed by atoms with van der Waals surface area (Å²) < 4.78 is 0. The number of phenols is 1. The molecule has 6 atom stereocenters. The van der Waals surface area contributed by atoms with Crippen LogP contribution in [0.4, 0.5) is 5.69 Å². The minimum atomic E-state index is -2.99. The molecule has 4 rings (SSSR count). The Morgan fingerprint density at radius 2 is 1.79 bits per heavy atom. The van der Waals surface area contributed by atoms with Gasteiger partial charge in [-0.3, -0.25) is 24.1 Å². The smallest absolute Gasteiger partial charge is 0.255 e. The quantitative estimate of drug-likeness (QED) is 0.167. The predicted molar refractivity (Wildman–Crippen MR) is 132 cm³/mol. The topological polar surface area (TPSA) is 223 Å². The monoisotopic (exact) mass is 530 g/mol. The van der Waals surface area contributed by atoms with Gasteiger partial charge in [-0.1, -0.05) is 13.0 Å². The maximum Gasteiger partial charge on any atom is 0.255 e. The maximum absolute atomic E-state index is 13.8. The lowest BCUT2D eigenvalue weighted by molar-refractivity contribution is -0.162. The Bertz CT molecular complexity index is 1330. The van der Waals surface area contributed by atoms with Crippen molar-refractivity contribution in [1.29, 1.82) is 0 Å². The number of fused-ring (bicyclic) bond motifs is 3. The number of anilines is 1. The standard InChI is InChI=1S/C25H30N4O9/c1-8-9-5-6-10(28-11(30)7-27-2)18(31)13(9)19(32)14-12(8)20(33)16-17(29(3)4)21(34)15(24(26)37)23(36)25(16,38)22(14)35/h5-6,8,12,16-17,20,27,31,33-35,38H,7H2,1-4H3,(H2,26,37)(H,28,30)/t8?,12?,16?,17-,20?,25-/m0/s1. The second-order valence-corrected chi connectivity index (χ2v) is 10.1. The van der Waals surface area contributed by atoms with Crippen molar-refractivity contribution in [2.75, 3.05) is 33.0 Å². The molecule has 13 nitrogen and oxygen atoms in total. The molecule has 0 bridgehead atoms. The molecule has 0 aromatic heterocycles. The number of aliphatic hydroxyl groups excluding tert-OH is 3. The van der Waals surface area contributed by atoms with E-state index < -0.39 is 87.3 Å². The van der Waals surface area contributed by atoms with E-state index in [9.17, 15) is 44.7 Å². The molecule has 13 heteroatoms. The SMILES string of the molecule is CNCC(=O)Nc1ccc2c(c1O)C(=O)C1=C(O)[C@]3(O)C(=O)C(C(N)=O)=C(O)[C@@H](N(C)C)C3C(O)C1C2C. The zero-order chi connectivity index (χ0) is 28.4. The fourth-order valence-corrected chi connectivity index (χ4v) is 6.08. The van der Waals surface area contributed by atoms with Gasteiger partial charge >= 0.3 is 0 Å². The van der Waals surface area contributed by atoms with Gasteiger partial charge in [0, 0.05) is 11.5 Å². The van der Waals surface area contributed by atoms with Crippen molar-refractivity contribution in [2.24, 2.45) is 17.6 Å². The number of nitrogens with two attached hydrogens (primary N) is 1. The number of aromatic hydroxyl groups is 1. The summed E-state index contributed by atoms with van der Waals surface area (Å²) in [5, 5.41) is 61.5. The van der Waals surface area contributed by atoms with E-state index in [1.165, 1.54) is 31.1 Å². The van der Waals surface area contributed by atoms with E-state index in [1.807, 2.05) is 0 Å². The Morgan fingerprint density at radius 1 is 1.16 bits per heavy atom. The predicted octanol–water partition coefficient (Wildman–Crippen LogP) is -1.19. The van der Waals surface area contributed by atoms with Gasteiger partial charge < -0.3 is 41.9 Å². The molecule has 0 fully saturated rings. The summed E-state index contributed by atoms with van der Waals surface area (Å²) in [4.78, 5) is 52.6. The largest absolute Gasteiger partial charge is 0.510 e. The molecule has 3 aliphatic carbocycles. The number of nitrogens with one attached hydrogen (secondary N) is 2. The molecule has 0 saturated carbocycles.